The van der Waals surface area contributed by atoms with Gasteiger partial charge in [0, 0.05) is 11.6 Å². The Bertz CT molecular complexity index is 1080. The van der Waals surface area contributed by atoms with E-state index in [0.717, 1.165) is 30.5 Å². The van der Waals surface area contributed by atoms with Crippen molar-refractivity contribution in [3.63, 3.8) is 0 Å². The molecule has 1 aliphatic carbocycles. The van der Waals surface area contributed by atoms with E-state index in [-0.39, 0.29) is 11.5 Å². The van der Waals surface area contributed by atoms with E-state index in [4.69, 9.17) is 4.74 Å². The molecule has 0 spiro atoms. The lowest BCUT2D eigenvalue weighted by Crippen LogP contribution is -2.21. The minimum absolute atomic E-state index is 0.150. The van der Waals surface area contributed by atoms with Crippen LogP contribution in [0.5, 0.6) is 5.75 Å². The highest BCUT2D eigenvalue weighted by Crippen LogP contribution is 2.22. The maximum Gasteiger partial charge on any atom is 0.260 e. The number of anilines is 1. The van der Waals surface area contributed by atoms with Crippen LogP contribution < -0.4 is 15.6 Å². The molecule has 1 amide bonds. The molecule has 138 valence electrons. The highest BCUT2D eigenvalue weighted by molar-refractivity contribution is 6.05. The predicted molar refractivity (Wildman–Crippen MR) is 99.7 cm³/mol. The molecule has 4 rings (SSSR count). The Hall–Kier alpha value is -3.42. The van der Waals surface area contributed by atoms with Crippen molar-refractivity contribution in [2.45, 2.75) is 26.2 Å². The number of carbonyl (C=O) groups is 1. The molecule has 8 heteroatoms. The number of fused-ring (bicyclic) bond motifs is 1. The maximum atomic E-state index is 12.7. The van der Waals surface area contributed by atoms with Crippen molar-refractivity contribution in [2.75, 3.05) is 12.4 Å². The summed E-state index contributed by atoms with van der Waals surface area (Å²) >= 11 is 0. The van der Waals surface area contributed by atoms with Crippen LogP contribution in [0.15, 0.2) is 35.1 Å². The second-order valence-electron chi connectivity index (χ2n) is 6.41. The molecule has 0 bridgehead atoms. The molecule has 0 fully saturated rings. The van der Waals surface area contributed by atoms with E-state index in [1.807, 2.05) is 0 Å². The number of H-pyrrole nitrogens is 1. The first-order valence-corrected chi connectivity index (χ1v) is 8.70. The summed E-state index contributed by atoms with van der Waals surface area (Å²) < 4.78 is 6.69. The highest BCUT2D eigenvalue weighted by Gasteiger charge is 2.20. The molecule has 0 saturated carbocycles. The second-order valence-corrected chi connectivity index (χ2v) is 6.41. The summed E-state index contributed by atoms with van der Waals surface area (Å²) in [5, 5.41) is 7.20. The van der Waals surface area contributed by atoms with Crippen LogP contribution in [0.3, 0.4) is 0 Å². The third-order valence-corrected chi connectivity index (χ3v) is 4.55. The fraction of sp³-hybridized carbons (Fsp3) is 0.263. The molecule has 0 aliphatic heterocycles. The third-order valence-electron chi connectivity index (χ3n) is 4.55. The van der Waals surface area contributed by atoms with Crippen LogP contribution in [0.1, 0.15) is 33.7 Å². The molecule has 2 N–H and O–H groups in total. The van der Waals surface area contributed by atoms with Crippen molar-refractivity contribution in [1.82, 2.24) is 19.7 Å². The molecule has 3 aromatic rings. The van der Waals surface area contributed by atoms with E-state index in [2.05, 4.69) is 20.4 Å². The van der Waals surface area contributed by atoms with Crippen molar-refractivity contribution < 1.29 is 9.53 Å². The van der Waals surface area contributed by atoms with Crippen molar-refractivity contribution in [1.29, 1.82) is 0 Å². The lowest BCUT2D eigenvalue weighted by atomic mass is 10.2. The summed E-state index contributed by atoms with van der Waals surface area (Å²) in [7, 11) is 1.51. The minimum atomic E-state index is -0.336. The first-order chi connectivity index (χ1) is 13.1. The summed E-state index contributed by atoms with van der Waals surface area (Å²) in [6.07, 6.45) is 2.44. The van der Waals surface area contributed by atoms with E-state index < -0.39 is 0 Å². The van der Waals surface area contributed by atoms with Crippen LogP contribution in [0.2, 0.25) is 0 Å². The molecule has 27 heavy (non-hydrogen) atoms. The summed E-state index contributed by atoms with van der Waals surface area (Å²) in [5.41, 5.74) is 2.48. The maximum absolute atomic E-state index is 12.7. The number of ether oxygens (including phenoxy) is 1. The molecule has 2 heterocycles. The van der Waals surface area contributed by atoms with E-state index in [1.165, 1.54) is 11.8 Å². The van der Waals surface area contributed by atoms with Gasteiger partial charge in [-0.2, -0.15) is 9.78 Å². The number of rotatable bonds is 4. The Morgan fingerprint density at radius 2 is 2.11 bits per heavy atom. The summed E-state index contributed by atoms with van der Waals surface area (Å²) in [6, 6.07) is 8.68. The zero-order chi connectivity index (χ0) is 19.0. The molecule has 1 aromatic carbocycles. The SMILES string of the molecule is COc1ccccc1C(=O)Nc1cc(C)nn1-c1nc2c(c(=O)[nH]1)CCC2. The second kappa shape index (κ2) is 6.71. The van der Waals surface area contributed by atoms with Crippen LogP contribution in [0, 0.1) is 6.92 Å². The predicted octanol–water partition coefficient (Wildman–Crippen LogP) is 2.01. The normalized spacial score (nSPS) is 12.7. The molecule has 2 aromatic heterocycles. The van der Waals surface area contributed by atoms with E-state index in [0.29, 0.717) is 28.8 Å². The molecule has 0 atom stereocenters. The Morgan fingerprint density at radius 3 is 2.93 bits per heavy atom. The van der Waals surface area contributed by atoms with Gasteiger partial charge in [-0.3, -0.25) is 14.6 Å². The number of hydrogen-bond donors (Lipinski definition) is 2. The van der Waals surface area contributed by atoms with Crippen LogP contribution >= 0.6 is 0 Å². The number of nitrogens with one attached hydrogen (secondary N) is 2. The first-order valence-electron chi connectivity index (χ1n) is 8.70. The number of hydrogen-bond acceptors (Lipinski definition) is 5. The lowest BCUT2D eigenvalue weighted by molar-refractivity contribution is 0.102. The number of aromatic amines is 1. The van der Waals surface area contributed by atoms with Crippen LogP contribution in [0.4, 0.5) is 5.82 Å². The van der Waals surface area contributed by atoms with Crippen molar-refractivity contribution in [2.24, 2.45) is 0 Å². The van der Waals surface area contributed by atoms with Crippen molar-refractivity contribution in [3.05, 3.63) is 63.2 Å². The van der Waals surface area contributed by atoms with Crippen LogP contribution in [-0.4, -0.2) is 32.8 Å². The molecule has 0 saturated heterocycles. The number of carbonyl (C=O) groups excluding carboxylic acids is 1. The van der Waals surface area contributed by atoms with Gasteiger partial charge >= 0.3 is 0 Å². The fourth-order valence-electron chi connectivity index (χ4n) is 3.29. The molecule has 0 unspecified atom stereocenters. The van der Waals surface area contributed by atoms with Gasteiger partial charge in [0.05, 0.1) is 24.1 Å². The van der Waals surface area contributed by atoms with Crippen LogP contribution in [0.25, 0.3) is 5.95 Å². The van der Waals surface area contributed by atoms with E-state index in [1.54, 1.807) is 37.3 Å². The quantitative estimate of drug-likeness (QED) is 0.736. The van der Waals surface area contributed by atoms with E-state index in [9.17, 15) is 9.59 Å². The first kappa shape index (κ1) is 17.0. The smallest absolute Gasteiger partial charge is 0.260 e. The average Bonchev–Trinajstić information content (AvgIpc) is 3.28. The monoisotopic (exact) mass is 365 g/mol. The molecule has 8 nitrogen and oxygen atoms in total. The lowest BCUT2D eigenvalue weighted by Gasteiger charge is -2.11. The summed E-state index contributed by atoms with van der Waals surface area (Å²) in [6.45, 7) is 1.81. The Morgan fingerprint density at radius 1 is 1.30 bits per heavy atom. The Kier molecular flexibility index (Phi) is 4.23. The van der Waals surface area contributed by atoms with Gasteiger partial charge in [0.15, 0.2) is 0 Å². The summed E-state index contributed by atoms with van der Waals surface area (Å²) in [5.74, 6) is 0.854. The Labute approximate surface area is 155 Å². The fourth-order valence-corrected chi connectivity index (χ4v) is 3.29. The van der Waals surface area contributed by atoms with Gasteiger partial charge < -0.3 is 10.1 Å². The summed E-state index contributed by atoms with van der Waals surface area (Å²) in [4.78, 5) is 32.3. The molecule has 0 radical (unpaired) electrons. The number of benzene rings is 1. The Balaban J connectivity index is 1.71. The average molecular weight is 365 g/mol. The van der Waals surface area contributed by atoms with Gasteiger partial charge in [-0.05, 0) is 38.3 Å². The van der Waals surface area contributed by atoms with Crippen LogP contribution in [-0.2, 0) is 12.8 Å². The van der Waals surface area contributed by atoms with Gasteiger partial charge in [0.2, 0.25) is 5.95 Å². The van der Waals surface area contributed by atoms with E-state index >= 15 is 0 Å². The number of aromatic nitrogens is 4. The third kappa shape index (κ3) is 3.10. The number of nitrogens with zero attached hydrogens (tertiary/aromatic N) is 3. The molecular formula is C19H19N5O3. The number of aryl methyl sites for hydroxylation is 2. The number of amides is 1. The van der Waals surface area contributed by atoms with Gasteiger partial charge in [-0.25, -0.2) is 4.98 Å². The topological polar surface area (TPSA) is 102 Å². The zero-order valence-corrected chi connectivity index (χ0v) is 15.1. The zero-order valence-electron chi connectivity index (χ0n) is 15.1. The standard InChI is InChI=1S/C19H19N5O3/c1-11-10-16(21-18(26)13-6-3-4-9-15(13)27-2)24(23-11)19-20-14-8-5-7-12(14)17(25)22-19/h3-4,6,9-10H,5,7-8H2,1-2H3,(H,21,26)(H,20,22,25). The molecule has 1 aliphatic rings. The number of para-hydroxylation sites is 1. The molecular weight excluding hydrogens is 346 g/mol. The van der Waals surface area contributed by atoms with Gasteiger partial charge in [-0.1, -0.05) is 12.1 Å². The van der Waals surface area contributed by atoms with Crippen molar-refractivity contribution in [3.8, 4) is 11.7 Å². The largest absolute Gasteiger partial charge is 0.496 e. The van der Waals surface area contributed by atoms with Gasteiger partial charge in [0.1, 0.15) is 11.6 Å². The van der Waals surface area contributed by atoms with Gasteiger partial charge in [-0.15, -0.1) is 0 Å². The highest BCUT2D eigenvalue weighted by atomic mass is 16.5. The number of methoxy groups -OCH3 is 1. The van der Waals surface area contributed by atoms with Crippen molar-refractivity contribution >= 4 is 11.7 Å². The minimum Gasteiger partial charge on any atom is -0.496 e. The van der Waals surface area contributed by atoms with Gasteiger partial charge in [0.25, 0.3) is 11.5 Å².